The summed E-state index contributed by atoms with van der Waals surface area (Å²) in [5, 5.41) is 2.67. The Morgan fingerprint density at radius 2 is 2.00 bits per heavy atom. The van der Waals surface area contributed by atoms with Gasteiger partial charge < -0.3 is 11.1 Å². The van der Waals surface area contributed by atoms with Crippen LogP contribution >= 0.6 is 0 Å². The zero-order valence-corrected chi connectivity index (χ0v) is 13.0. The van der Waals surface area contributed by atoms with Gasteiger partial charge in [0.2, 0.25) is 15.9 Å². The van der Waals surface area contributed by atoms with Crippen LogP contribution in [-0.4, -0.2) is 38.8 Å². The van der Waals surface area contributed by atoms with E-state index in [0.717, 1.165) is 9.87 Å². The number of amides is 1. The number of hydrogen-bond donors (Lipinski definition) is 2. The van der Waals surface area contributed by atoms with Gasteiger partial charge in [-0.15, -0.1) is 0 Å². The second-order valence-electron chi connectivity index (χ2n) is 4.77. The van der Waals surface area contributed by atoms with Crippen LogP contribution in [0, 0.1) is 6.92 Å². The highest BCUT2D eigenvalue weighted by molar-refractivity contribution is 7.89. The molecule has 20 heavy (non-hydrogen) atoms. The van der Waals surface area contributed by atoms with Crippen molar-refractivity contribution >= 4 is 21.6 Å². The molecule has 0 fully saturated rings. The fraction of sp³-hybridized carbons (Fsp3) is 0.462. The van der Waals surface area contributed by atoms with E-state index >= 15 is 0 Å². The summed E-state index contributed by atoms with van der Waals surface area (Å²) in [6.07, 6.45) is 0.514. The molecule has 0 heterocycles. The SMILES string of the molecule is CC[C@H](N)C(=O)Nc1cc(S(=O)(=O)N(C)C)ccc1C. The highest BCUT2D eigenvalue weighted by atomic mass is 32.2. The van der Waals surface area contributed by atoms with E-state index < -0.39 is 16.1 Å². The Balaban J connectivity index is 3.14. The van der Waals surface area contributed by atoms with Gasteiger partial charge in [-0.25, -0.2) is 12.7 Å². The Morgan fingerprint density at radius 3 is 2.50 bits per heavy atom. The van der Waals surface area contributed by atoms with Crippen LogP contribution in [0.2, 0.25) is 0 Å². The molecule has 1 aromatic carbocycles. The molecule has 1 aromatic rings. The quantitative estimate of drug-likeness (QED) is 0.845. The molecule has 0 saturated carbocycles. The summed E-state index contributed by atoms with van der Waals surface area (Å²) in [6, 6.07) is 4.01. The summed E-state index contributed by atoms with van der Waals surface area (Å²) in [5.41, 5.74) is 6.89. The van der Waals surface area contributed by atoms with E-state index in [1.54, 1.807) is 13.0 Å². The number of aryl methyl sites for hydroxylation is 1. The smallest absolute Gasteiger partial charge is 0.242 e. The second-order valence-corrected chi connectivity index (χ2v) is 6.92. The average molecular weight is 299 g/mol. The van der Waals surface area contributed by atoms with E-state index in [0.29, 0.717) is 12.1 Å². The molecule has 6 nitrogen and oxygen atoms in total. The molecule has 0 unspecified atom stereocenters. The summed E-state index contributed by atoms with van der Waals surface area (Å²) in [7, 11) is -0.609. The van der Waals surface area contributed by atoms with Crippen molar-refractivity contribution in [3.05, 3.63) is 23.8 Å². The van der Waals surface area contributed by atoms with Gasteiger partial charge in [-0.3, -0.25) is 4.79 Å². The maximum absolute atomic E-state index is 12.1. The van der Waals surface area contributed by atoms with Crippen LogP contribution in [0.25, 0.3) is 0 Å². The van der Waals surface area contributed by atoms with Gasteiger partial charge in [-0.05, 0) is 31.0 Å². The largest absolute Gasteiger partial charge is 0.324 e. The number of nitrogens with one attached hydrogen (secondary N) is 1. The zero-order chi connectivity index (χ0) is 15.5. The minimum Gasteiger partial charge on any atom is -0.324 e. The molecule has 1 rings (SSSR count). The number of carbonyl (C=O) groups is 1. The molecule has 1 amide bonds. The highest BCUT2D eigenvalue weighted by Gasteiger charge is 2.19. The number of nitrogens with two attached hydrogens (primary N) is 1. The Morgan fingerprint density at radius 1 is 1.40 bits per heavy atom. The molecule has 1 atom stereocenters. The molecule has 0 bridgehead atoms. The Hall–Kier alpha value is -1.44. The van der Waals surface area contributed by atoms with Crippen LogP contribution in [0.5, 0.6) is 0 Å². The lowest BCUT2D eigenvalue weighted by Gasteiger charge is -2.15. The predicted molar refractivity (Wildman–Crippen MR) is 78.9 cm³/mol. The number of sulfonamides is 1. The van der Waals surface area contributed by atoms with Crippen molar-refractivity contribution in [3.8, 4) is 0 Å². The van der Waals surface area contributed by atoms with Gasteiger partial charge in [0, 0.05) is 19.8 Å². The number of hydrogen-bond acceptors (Lipinski definition) is 4. The van der Waals surface area contributed by atoms with Crippen LogP contribution in [0.3, 0.4) is 0 Å². The molecule has 0 aliphatic carbocycles. The summed E-state index contributed by atoms with van der Waals surface area (Å²) >= 11 is 0. The summed E-state index contributed by atoms with van der Waals surface area (Å²) in [4.78, 5) is 11.9. The van der Waals surface area contributed by atoms with Gasteiger partial charge >= 0.3 is 0 Å². The minimum absolute atomic E-state index is 0.133. The summed E-state index contributed by atoms with van der Waals surface area (Å²) in [5.74, 6) is -0.324. The molecule has 0 aliphatic rings. The van der Waals surface area contributed by atoms with Gasteiger partial charge in [0.25, 0.3) is 0 Å². The monoisotopic (exact) mass is 299 g/mol. The van der Waals surface area contributed by atoms with Gasteiger partial charge in [-0.2, -0.15) is 0 Å². The number of anilines is 1. The minimum atomic E-state index is -3.53. The van der Waals surface area contributed by atoms with Crippen molar-refractivity contribution < 1.29 is 13.2 Å². The van der Waals surface area contributed by atoms with Crippen molar-refractivity contribution in [3.63, 3.8) is 0 Å². The first-order valence-electron chi connectivity index (χ1n) is 6.29. The third-order valence-electron chi connectivity index (χ3n) is 3.02. The van der Waals surface area contributed by atoms with Crippen molar-refractivity contribution in [1.29, 1.82) is 0 Å². The van der Waals surface area contributed by atoms with E-state index in [4.69, 9.17) is 5.73 Å². The molecule has 0 radical (unpaired) electrons. The fourth-order valence-corrected chi connectivity index (χ4v) is 2.45. The first-order chi connectivity index (χ1) is 9.20. The normalized spacial score (nSPS) is 13.3. The molecular weight excluding hydrogens is 278 g/mol. The topological polar surface area (TPSA) is 92.5 Å². The number of nitrogens with zero attached hydrogens (tertiary/aromatic N) is 1. The molecule has 7 heteroatoms. The van der Waals surface area contributed by atoms with E-state index in [-0.39, 0.29) is 10.8 Å². The fourth-order valence-electron chi connectivity index (χ4n) is 1.52. The number of carbonyl (C=O) groups excluding carboxylic acids is 1. The lowest BCUT2D eigenvalue weighted by Crippen LogP contribution is -2.35. The van der Waals surface area contributed by atoms with Crippen LogP contribution in [0.15, 0.2) is 23.1 Å². The van der Waals surface area contributed by atoms with Gasteiger partial charge in [0.1, 0.15) is 0 Å². The van der Waals surface area contributed by atoms with Crippen LogP contribution in [0.4, 0.5) is 5.69 Å². The van der Waals surface area contributed by atoms with E-state index in [2.05, 4.69) is 5.32 Å². The maximum atomic E-state index is 12.1. The molecule has 0 aromatic heterocycles. The molecule has 0 aliphatic heterocycles. The first kappa shape index (κ1) is 16.6. The second kappa shape index (κ2) is 6.34. The summed E-state index contributed by atoms with van der Waals surface area (Å²) < 4.78 is 25.2. The third kappa shape index (κ3) is 3.56. The van der Waals surface area contributed by atoms with Crippen LogP contribution in [0.1, 0.15) is 18.9 Å². The summed E-state index contributed by atoms with van der Waals surface area (Å²) in [6.45, 7) is 3.60. The first-order valence-corrected chi connectivity index (χ1v) is 7.73. The van der Waals surface area contributed by atoms with E-state index in [1.165, 1.54) is 26.2 Å². The average Bonchev–Trinajstić information content (AvgIpc) is 2.39. The van der Waals surface area contributed by atoms with Crippen LogP contribution in [-0.2, 0) is 14.8 Å². The number of rotatable bonds is 5. The van der Waals surface area contributed by atoms with Gasteiger partial charge in [0.15, 0.2) is 0 Å². The zero-order valence-electron chi connectivity index (χ0n) is 12.2. The highest BCUT2D eigenvalue weighted by Crippen LogP contribution is 2.22. The third-order valence-corrected chi connectivity index (χ3v) is 4.83. The Bertz CT molecular complexity index is 597. The van der Waals surface area contributed by atoms with Crippen molar-refractivity contribution in [2.75, 3.05) is 19.4 Å². The van der Waals surface area contributed by atoms with Crippen LogP contribution < -0.4 is 11.1 Å². The maximum Gasteiger partial charge on any atom is 0.242 e. The van der Waals surface area contributed by atoms with Gasteiger partial charge in [0.05, 0.1) is 10.9 Å². The molecular formula is C13H21N3O3S. The van der Waals surface area contributed by atoms with Gasteiger partial charge in [-0.1, -0.05) is 13.0 Å². The molecule has 0 spiro atoms. The van der Waals surface area contributed by atoms with Crippen molar-refractivity contribution in [1.82, 2.24) is 4.31 Å². The lowest BCUT2D eigenvalue weighted by atomic mass is 10.1. The lowest BCUT2D eigenvalue weighted by molar-refractivity contribution is -0.117. The standard InChI is InChI=1S/C13H21N3O3S/c1-5-11(14)13(17)15-12-8-10(7-6-9(12)2)20(18,19)16(3)4/h6-8,11H,5,14H2,1-4H3,(H,15,17)/t11-/m0/s1. The van der Waals surface area contributed by atoms with E-state index in [1.807, 2.05) is 6.92 Å². The Kier molecular flexibility index (Phi) is 5.27. The molecule has 0 saturated heterocycles. The Labute approximate surface area is 120 Å². The molecule has 112 valence electrons. The van der Waals surface area contributed by atoms with Crippen molar-refractivity contribution in [2.24, 2.45) is 5.73 Å². The predicted octanol–water partition coefficient (Wildman–Crippen LogP) is 0.921. The van der Waals surface area contributed by atoms with Crippen molar-refractivity contribution in [2.45, 2.75) is 31.2 Å². The number of benzene rings is 1. The van der Waals surface area contributed by atoms with E-state index in [9.17, 15) is 13.2 Å². The molecule has 3 N–H and O–H groups in total.